The van der Waals surface area contributed by atoms with Crippen LogP contribution in [0.2, 0.25) is 0 Å². The van der Waals surface area contributed by atoms with Gasteiger partial charge in [-0.05, 0) is 12.1 Å². The monoisotopic (exact) mass is 306 g/mol. The molecule has 1 aliphatic rings. The van der Waals surface area contributed by atoms with Gasteiger partial charge in [-0.25, -0.2) is 8.42 Å². The zero-order valence-corrected chi connectivity index (χ0v) is 11.9. The van der Waals surface area contributed by atoms with Crippen molar-refractivity contribution < 1.29 is 17.3 Å². The second-order valence-corrected chi connectivity index (χ2v) is 7.04. The van der Waals surface area contributed by atoms with Gasteiger partial charge in [-0.2, -0.15) is 0 Å². The van der Waals surface area contributed by atoms with E-state index in [1.807, 2.05) is 0 Å². The van der Waals surface area contributed by atoms with Crippen LogP contribution < -0.4 is 0 Å². The largest absolute Gasteiger partial charge is 0.472 e. The van der Waals surface area contributed by atoms with Gasteiger partial charge in [0.05, 0.1) is 48.6 Å². The molecule has 1 saturated heterocycles. The third-order valence-corrected chi connectivity index (χ3v) is 4.91. The minimum Gasteiger partial charge on any atom is -0.472 e. The molecule has 2 aromatic heterocycles. The number of nitrogens with zero attached hydrogens (tertiary/aromatic N) is 2. The summed E-state index contributed by atoms with van der Waals surface area (Å²) in [6, 6.07) is 2.79. The summed E-state index contributed by atoms with van der Waals surface area (Å²) in [6.07, 6.45) is 9.43. The van der Waals surface area contributed by atoms with Crippen LogP contribution in [0.4, 0.5) is 0 Å². The lowest BCUT2D eigenvalue weighted by Gasteiger charge is -2.08. The SMILES string of the molecule is O=S1(=O)CC(N=Cc2ccoc2)C(N=Cc2ccoc2)C1. The van der Waals surface area contributed by atoms with Gasteiger partial charge in [0, 0.05) is 23.6 Å². The fourth-order valence-electron chi connectivity index (χ4n) is 2.16. The summed E-state index contributed by atoms with van der Waals surface area (Å²) < 4.78 is 33.5. The second kappa shape index (κ2) is 5.69. The van der Waals surface area contributed by atoms with Crippen molar-refractivity contribution in [2.45, 2.75) is 12.1 Å². The Labute approximate surface area is 122 Å². The van der Waals surface area contributed by atoms with E-state index in [-0.39, 0.29) is 23.6 Å². The van der Waals surface area contributed by atoms with Gasteiger partial charge in [0.2, 0.25) is 0 Å². The fourth-order valence-corrected chi connectivity index (χ4v) is 3.95. The first-order valence-corrected chi connectivity index (χ1v) is 8.26. The van der Waals surface area contributed by atoms with Crippen molar-refractivity contribution in [1.29, 1.82) is 0 Å². The highest BCUT2D eigenvalue weighted by molar-refractivity contribution is 7.91. The van der Waals surface area contributed by atoms with Crippen molar-refractivity contribution in [3.05, 3.63) is 48.3 Å². The molecule has 0 bridgehead atoms. The van der Waals surface area contributed by atoms with E-state index < -0.39 is 9.84 Å². The number of sulfone groups is 1. The number of aliphatic imine (C=N–C) groups is 2. The predicted molar refractivity (Wildman–Crippen MR) is 78.8 cm³/mol. The van der Waals surface area contributed by atoms with Crippen LogP contribution in [0.15, 0.2) is 56.0 Å². The summed E-state index contributed by atoms with van der Waals surface area (Å²) in [4.78, 5) is 8.68. The van der Waals surface area contributed by atoms with Gasteiger partial charge in [0.15, 0.2) is 9.84 Å². The summed E-state index contributed by atoms with van der Waals surface area (Å²) in [7, 11) is -3.10. The number of rotatable bonds is 4. The number of furan rings is 2. The van der Waals surface area contributed by atoms with Crippen LogP contribution in [0.5, 0.6) is 0 Å². The molecule has 1 aliphatic heterocycles. The zero-order valence-electron chi connectivity index (χ0n) is 11.1. The highest BCUT2D eigenvalue weighted by Gasteiger charge is 2.36. The Bertz CT molecular complexity index is 672. The van der Waals surface area contributed by atoms with Gasteiger partial charge in [-0.3, -0.25) is 9.98 Å². The molecule has 0 spiro atoms. The van der Waals surface area contributed by atoms with Gasteiger partial charge in [0.25, 0.3) is 0 Å². The molecule has 0 aliphatic carbocycles. The van der Waals surface area contributed by atoms with Gasteiger partial charge >= 0.3 is 0 Å². The molecular formula is C14H14N2O4S. The third kappa shape index (κ3) is 3.49. The van der Waals surface area contributed by atoms with Crippen molar-refractivity contribution in [3.63, 3.8) is 0 Å². The van der Waals surface area contributed by atoms with E-state index in [0.29, 0.717) is 0 Å². The van der Waals surface area contributed by atoms with E-state index in [2.05, 4.69) is 9.98 Å². The van der Waals surface area contributed by atoms with Crippen LogP contribution >= 0.6 is 0 Å². The fraction of sp³-hybridized carbons (Fsp3) is 0.286. The second-order valence-electron chi connectivity index (χ2n) is 4.88. The molecule has 0 N–H and O–H groups in total. The van der Waals surface area contributed by atoms with Crippen molar-refractivity contribution in [2.24, 2.45) is 9.98 Å². The van der Waals surface area contributed by atoms with Gasteiger partial charge in [-0.15, -0.1) is 0 Å². The van der Waals surface area contributed by atoms with Crippen LogP contribution in [0.3, 0.4) is 0 Å². The number of hydrogen-bond donors (Lipinski definition) is 0. The molecule has 2 unspecified atom stereocenters. The molecule has 1 fully saturated rings. The first-order valence-electron chi connectivity index (χ1n) is 6.43. The Morgan fingerprint density at radius 2 is 1.43 bits per heavy atom. The summed E-state index contributed by atoms with van der Waals surface area (Å²) in [5.74, 6) is 0.0451. The molecule has 0 saturated carbocycles. The maximum absolute atomic E-state index is 11.8. The highest BCUT2D eigenvalue weighted by Crippen LogP contribution is 2.19. The van der Waals surface area contributed by atoms with E-state index in [4.69, 9.17) is 8.83 Å². The molecule has 21 heavy (non-hydrogen) atoms. The topological polar surface area (TPSA) is 85.1 Å². The minimum atomic E-state index is -3.10. The van der Waals surface area contributed by atoms with Crippen molar-refractivity contribution >= 4 is 22.3 Å². The predicted octanol–water partition coefficient (Wildman–Crippen LogP) is 1.58. The number of hydrogen-bond acceptors (Lipinski definition) is 6. The maximum Gasteiger partial charge on any atom is 0.154 e. The summed E-state index contributed by atoms with van der Waals surface area (Å²) >= 11 is 0. The standard InChI is InChI=1S/C14H14N2O4S/c17-21(18)9-13(15-5-11-1-3-19-7-11)14(10-21)16-6-12-2-4-20-8-12/h1-8,13-14H,9-10H2. The normalized spacial score (nSPS) is 25.1. The van der Waals surface area contributed by atoms with Crippen LogP contribution in [-0.4, -0.2) is 44.4 Å². The lowest BCUT2D eigenvalue weighted by molar-refractivity contribution is 0.566. The molecule has 0 aromatic carbocycles. The molecular weight excluding hydrogens is 292 g/mol. The lowest BCUT2D eigenvalue weighted by atomic mass is 10.2. The Kier molecular flexibility index (Phi) is 3.74. The molecule has 7 heteroatoms. The van der Waals surface area contributed by atoms with Gasteiger partial charge < -0.3 is 8.83 Å². The lowest BCUT2D eigenvalue weighted by Crippen LogP contribution is -2.20. The zero-order chi connectivity index (χ0) is 14.7. The van der Waals surface area contributed by atoms with E-state index >= 15 is 0 Å². The molecule has 0 amide bonds. The summed E-state index contributed by atoms with van der Waals surface area (Å²) in [6.45, 7) is 0. The van der Waals surface area contributed by atoms with Crippen molar-refractivity contribution in [2.75, 3.05) is 11.5 Å². The molecule has 6 nitrogen and oxygen atoms in total. The Balaban J connectivity index is 1.76. The third-order valence-electron chi connectivity index (χ3n) is 3.21. The minimum absolute atomic E-state index is 0.0226. The van der Waals surface area contributed by atoms with Crippen LogP contribution in [-0.2, 0) is 9.84 Å². The molecule has 2 aromatic rings. The van der Waals surface area contributed by atoms with Crippen LogP contribution in [0.25, 0.3) is 0 Å². The quantitative estimate of drug-likeness (QED) is 0.803. The molecule has 0 radical (unpaired) electrons. The Hall–Kier alpha value is -2.15. The maximum atomic E-state index is 11.8. The molecule has 3 heterocycles. The average molecular weight is 306 g/mol. The average Bonchev–Trinajstić information content (AvgIpc) is 3.15. The van der Waals surface area contributed by atoms with E-state index in [0.717, 1.165) is 11.1 Å². The molecule has 110 valence electrons. The van der Waals surface area contributed by atoms with Crippen LogP contribution in [0.1, 0.15) is 11.1 Å². The summed E-state index contributed by atoms with van der Waals surface area (Å²) in [5.41, 5.74) is 1.61. The van der Waals surface area contributed by atoms with Gasteiger partial charge in [-0.1, -0.05) is 0 Å². The Morgan fingerprint density at radius 3 is 1.81 bits per heavy atom. The van der Waals surface area contributed by atoms with E-state index in [1.165, 1.54) is 0 Å². The first kappa shape index (κ1) is 13.8. The van der Waals surface area contributed by atoms with E-state index in [1.54, 1.807) is 49.6 Å². The van der Waals surface area contributed by atoms with E-state index in [9.17, 15) is 8.42 Å². The van der Waals surface area contributed by atoms with Crippen molar-refractivity contribution in [3.8, 4) is 0 Å². The first-order chi connectivity index (χ1) is 10.1. The molecule has 2 atom stereocenters. The molecule has 3 rings (SSSR count). The van der Waals surface area contributed by atoms with Gasteiger partial charge in [0.1, 0.15) is 0 Å². The highest BCUT2D eigenvalue weighted by atomic mass is 32.2. The summed E-state index contributed by atoms with van der Waals surface area (Å²) in [5, 5.41) is 0. The Morgan fingerprint density at radius 1 is 0.952 bits per heavy atom. The van der Waals surface area contributed by atoms with Crippen molar-refractivity contribution in [1.82, 2.24) is 0 Å². The smallest absolute Gasteiger partial charge is 0.154 e. The van der Waals surface area contributed by atoms with Crippen LogP contribution in [0, 0.1) is 0 Å².